The summed E-state index contributed by atoms with van der Waals surface area (Å²) in [6.07, 6.45) is 2.42. The van der Waals surface area contributed by atoms with Gasteiger partial charge < -0.3 is 10.6 Å². The minimum absolute atomic E-state index is 0.323. The number of para-hydroxylation sites is 2. The number of nitrogens with zero attached hydrogens (tertiary/aromatic N) is 2. The molecule has 0 aliphatic heterocycles. The van der Waals surface area contributed by atoms with E-state index in [1.54, 1.807) is 28.9 Å². The molecule has 0 unspecified atom stereocenters. The Kier molecular flexibility index (Phi) is 6.43. The van der Waals surface area contributed by atoms with Crippen LogP contribution in [0.3, 0.4) is 0 Å². The van der Waals surface area contributed by atoms with Gasteiger partial charge in [0, 0.05) is 24.1 Å². The van der Waals surface area contributed by atoms with Crippen molar-refractivity contribution < 1.29 is 13.6 Å². The van der Waals surface area contributed by atoms with E-state index in [2.05, 4.69) is 15.7 Å². The van der Waals surface area contributed by atoms with Crippen molar-refractivity contribution in [1.29, 1.82) is 0 Å². The van der Waals surface area contributed by atoms with Crippen LogP contribution in [0.15, 0.2) is 71.8 Å². The van der Waals surface area contributed by atoms with Crippen molar-refractivity contribution in [2.45, 2.75) is 17.1 Å². The monoisotopic (exact) mass is 388 g/mol. The van der Waals surface area contributed by atoms with E-state index >= 15 is 0 Å². The normalized spacial score (nSPS) is 10.8. The number of hydrogen-bond acceptors (Lipinski definition) is 3. The molecule has 1 aromatic heterocycles. The minimum atomic E-state index is -2.55. The standard InChI is InChI=1S/C19H18F2N4OS/c20-18(21)27-17-9-5-4-8-16(17)23-19(26)22-12-10-14-11-13-25(24-14)15-6-2-1-3-7-15/h1-9,11,13,18H,10,12H2,(H2,22,23,26). The predicted octanol–water partition coefficient (Wildman–Crippen LogP) is 4.55. The average Bonchev–Trinajstić information content (AvgIpc) is 3.13. The molecule has 0 saturated heterocycles. The highest BCUT2D eigenvalue weighted by atomic mass is 32.2. The van der Waals surface area contributed by atoms with E-state index in [1.165, 1.54) is 0 Å². The maximum Gasteiger partial charge on any atom is 0.319 e. The van der Waals surface area contributed by atoms with Crippen molar-refractivity contribution in [1.82, 2.24) is 15.1 Å². The minimum Gasteiger partial charge on any atom is -0.337 e. The van der Waals surface area contributed by atoms with Gasteiger partial charge in [0.2, 0.25) is 0 Å². The number of carbonyl (C=O) groups is 1. The van der Waals surface area contributed by atoms with Crippen molar-refractivity contribution in [2.24, 2.45) is 0 Å². The third-order valence-electron chi connectivity index (χ3n) is 3.68. The number of alkyl halides is 2. The first-order chi connectivity index (χ1) is 13.1. The highest BCUT2D eigenvalue weighted by Gasteiger charge is 2.11. The second-order valence-corrected chi connectivity index (χ2v) is 6.62. The zero-order valence-electron chi connectivity index (χ0n) is 14.3. The van der Waals surface area contributed by atoms with Crippen LogP contribution in [-0.4, -0.2) is 28.1 Å². The number of aromatic nitrogens is 2. The van der Waals surface area contributed by atoms with Crippen molar-refractivity contribution in [3.05, 3.63) is 72.6 Å². The first kappa shape index (κ1) is 18.9. The lowest BCUT2D eigenvalue weighted by Crippen LogP contribution is -2.30. The molecule has 0 radical (unpaired) electrons. The molecule has 0 aliphatic rings. The number of halogens is 2. The third kappa shape index (κ3) is 5.55. The second kappa shape index (κ2) is 9.18. The summed E-state index contributed by atoms with van der Waals surface area (Å²) >= 11 is 0.400. The van der Waals surface area contributed by atoms with Gasteiger partial charge in [0.15, 0.2) is 0 Å². The van der Waals surface area contributed by atoms with E-state index in [1.807, 2.05) is 42.6 Å². The van der Waals surface area contributed by atoms with E-state index in [9.17, 15) is 13.6 Å². The van der Waals surface area contributed by atoms with Crippen LogP contribution < -0.4 is 10.6 Å². The van der Waals surface area contributed by atoms with E-state index in [4.69, 9.17) is 0 Å². The van der Waals surface area contributed by atoms with Crippen LogP contribution in [0.2, 0.25) is 0 Å². The predicted molar refractivity (Wildman–Crippen MR) is 103 cm³/mol. The summed E-state index contributed by atoms with van der Waals surface area (Å²) in [5.41, 5.74) is 2.16. The summed E-state index contributed by atoms with van der Waals surface area (Å²) in [7, 11) is 0. The van der Waals surface area contributed by atoms with Crippen LogP contribution in [0.5, 0.6) is 0 Å². The first-order valence-corrected chi connectivity index (χ1v) is 9.18. The average molecular weight is 388 g/mol. The molecular weight excluding hydrogens is 370 g/mol. The fourth-order valence-corrected chi connectivity index (χ4v) is 3.05. The Hall–Kier alpha value is -2.87. The SMILES string of the molecule is O=C(NCCc1ccn(-c2ccccc2)n1)Nc1ccccc1SC(F)F. The Balaban J connectivity index is 1.50. The summed E-state index contributed by atoms with van der Waals surface area (Å²) in [5.74, 6) is -2.55. The zero-order chi connectivity index (χ0) is 19.1. The molecule has 0 atom stereocenters. The number of anilines is 1. The molecule has 0 bridgehead atoms. The fraction of sp³-hybridized carbons (Fsp3) is 0.158. The quantitative estimate of drug-likeness (QED) is 0.584. The van der Waals surface area contributed by atoms with Crippen LogP contribution in [0.1, 0.15) is 5.69 Å². The Morgan fingerprint density at radius 3 is 2.59 bits per heavy atom. The summed E-state index contributed by atoms with van der Waals surface area (Å²) in [6, 6.07) is 17.6. The summed E-state index contributed by atoms with van der Waals surface area (Å²) < 4.78 is 26.9. The largest absolute Gasteiger partial charge is 0.337 e. The topological polar surface area (TPSA) is 59.0 Å². The van der Waals surface area contributed by atoms with Crippen molar-refractivity contribution in [2.75, 3.05) is 11.9 Å². The number of benzene rings is 2. The summed E-state index contributed by atoms with van der Waals surface area (Å²) in [5, 5.41) is 9.78. The van der Waals surface area contributed by atoms with Gasteiger partial charge in [-0.2, -0.15) is 13.9 Å². The zero-order valence-corrected chi connectivity index (χ0v) is 15.1. The highest BCUT2D eigenvalue weighted by molar-refractivity contribution is 7.99. The molecule has 0 aliphatic carbocycles. The summed E-state index contributed by atoms with van der Waals surface area (Å²) in [4.78, 5) is 12.3. The smallest absolute Gasteiger partial charge is 0.319 e. The van der Waals surface area contributed by atoms with E-state index in [-0.39, 0.29) is 0 Å². The van der Waals surface area contributed by atoms with Gasteiger partial charge in [-0.05, 0) is 30.3 Å². The number of rotatable bonds is 7. The molecule has 2 amide bonds. The molecule has 2 N–H and O–H groups in total. The molecular formula is C19H18F2N4OS. The van der Waals surface area contributed by atoms with E-state index in [0.717, 1.165) is 11.4 Å². The molecule has 5 nitrogen and oxygen atoms in total. The number of urea groups is 1. The molecule has 3 rings (SSSR count). The number of hydrogen-bond donors (Lipinski definition) is 2. The maximum absolute atomic E-state index is 12.6. The molecule has 2 aromatic carbocycles. The van der Waals surface area contributed by atoms with Gasteiger partial charge in [-0.15, -0.1) is 0 Å². The fourth-order valence-electron chi connectivity index (χ4n) is 2.46. The van der Waals surface area contributed by atoms with Gasteiger partial charge >= 0.3 is 6.03 Å². The van der Waals surface area contributed by atoms with E-state index < -0.39 is 11.8 Å². The van der Waals surface area contributed by atoms with Crippen LogP contribution in [0.4, 0.5) is 19.3 Å². The Morgan fingerprint density at radius 2 is 1.81 bits per heavy atom. The van der Waals surface area contributed by atoms with Crippen molar-refractivity contribution in [3.8, 4) is 5.69 Å². The van der Waals surface area contributed by atoms with Crippen LogP contribution in [0, 0.1) is 0 Å². The number of nitrogens with one attached hydrogen (secondary N) is 2. The molecule has 0 saturated carbocycles. The molecule has 1 heterocycles. The third-order valence-corrected chi connectivity index (χ3v) is 4.47. The van der Waals surface area contributed by atoms with E-state index in [0.29, 0.717) is 35.3 Å². The Labute approximate surface area is 159 Å². The molecule has 27 heavy (non-hydrogen) atoms. The summed E-state index contributed by atoms with van der Waals surface area (Å²) in [6.45, 7) is 0.377. The lowest BCUT2D eigenvalue weighted by molar-refractivity contribution is 0.251. The van der Waals surface area contributed by atoms with Gasteiger partial charge in [-0.3, -0.25) is 0 Å². The first-order valence-electron chi connectivity index (χ1n) is 8.30. The van der Waals surface area contributed by atoms with Crippen LogP contribution in [-0.2, 0) is 6.42 Å². The number of amides is 2. The second-order valence-electron chi connectivity index (χ2n) is 5.59. The number of thioether (sulfide) groups is 1. The lowest BCUT2D eigenvalue weighted by atomic mass is 10.3. The maximum atomic E-state index is 12.6. The molecule has 140 valence electrons. The van der Waals surface area contributed by atoms with Gasteiger partial charge in [0.25, 0.3) is 5.76 Å². The highest BCUT2D eigenvalue weighted by Crippen LogP contribution is 2.31. The molecule has 0 fully saturated rings. The van der Waals surface area contributed by atoms with Crippen LogP contribution >= 0.6 is 11.8 Å². The van der Waals surface area contributed by atoms with Crippen molar-refractivity contribution in [3.63, 3.8) is 0 Å². The van der Waals surface area contributed by atoms with Gasteiger partial charge in [0.05, 0.1) is 17.1 Å². The van der Waals surface area contributed by atoms with Gasteiger partial charge in [0.1, 0.15) is 0 Å². The molecule has 8 heteroatoms. The molecule has 3 aromatic rings. The molecule has 0 spiro atoms. The van der Waals surface area contributed by atoms with Gasteiger partial charge in [-0.25, -0.2) is 9.48 Å². The van der Waals surface area contributed by atoms with Gasteiger partial charge in [-0.1, -0.05) is 42.1 Å². The Bertz CT molecular complexity index is 886. The lowest BCUT2D eigenvalue weighted by Gasteiger charge is -2.11. The van der Waals surface area contributed by atoms with Crippen molar-refractivity contribution >= 4 is 23.5 Å². The number of carbonyl (C=O) groups excluding carboxylic acids is 1. The Morgan fingerprint density at radius 1 is 1.07 bits per heavy atom. The van der Waals surface area contributed by atoms with Crippen LogP contribution in [0.25, 0.3) is 5.69 Å².